The number of para-hydroxylation sites is 5. The summed E-state index contributed by atoms with van der Waals surface area (Å²) in [5.41, 5.74) is 17.2. The molecule has 0 radical (unpaired) electrons. The van der Waals surface area contributed by atoms with Crippen LogP contribution in [0.5, 0.6) is 11.5 Å². The van der Waals surface area contributed by atoms with E-state index in [0.29, 0.717) is 0 Å². The molecule has 0 saturated carbocycles. The van der Waals surface area contributed by atoms with E-state index >= 15 is 0 Å². The lowest BCUT2D eigenvalue weighted by atomic mass is 9.66. The Morgan fingerprint density at radius 3 is 1.39 bits per heavy atom. The minimum absolute atomic E-state index is 0.542. The number of hydrogen-bond donors (Lipinski definition) is 0. The molecule has 1 spiro atoms. The maximum absolute atomic E-state index is 6.63. The molecule has 2 nitrogen and oxygen atoms in total. The van der Waals surface area contributed by atoms with E-state index in [9.17, 15) is 0 Å². The first-order valence-corrected chi connectivity index (χ1v) is 19.6. The highest BCUT2D eigenvalue weighted by Gasteiger charge is 2.51. The third-order valence-corrected chi connectivity index (χ3v) is 11.8. The van der Waals surface area contributed by atoms with Crippen LogP contribution in [0.2, 0.25) is 0 Å². The van der Waals surface area contributed by atoms with E-state index in [2.05, 4.69) is 229 Å². The molecule has 9 aromatic rings. The van der Waals surface area contributed by atoms with E-state index < -0.39 is 5.41 Å². The second kappa shape index (κ2) is 13.4. The van der Waals surface area contributed by atoms with Gasteiger partial charge in [-0.3, -0.25) is 0 Å². The van der Waals surface area contributed by atoms with Crippen LogP contribution >= 0.6 is 0 Å². The third kappa shape index (κ3) is 5.18. The summed E-state index contributed by atoms with van der Waals surface area (Å²) < 4.78 is 6.63. The summed E-state index contributed by atoms with van der Waals surface area (Å²) in [6.45, 7) is 0. The molecule has 0 unspecified atom stereocenters. The van der Waals surface area contributed by atoms with Crippen molar-refractivity contribution >= 4 is 17.1 Å². The Bertz CT molecular complexity index is 2890. The number of rotatable bonds is 6. The van der Waals surface area contributed by atoms with Crippen molar-refractivity contribution in [3.8, 4) is 56.0 Å². The van der Waals surface area contributed by atoms with E-state index in [1.165, 1.54) is 44.5 Å². The molecule has 0 bridgehead atoms. The second-order valence-electron chi connectivity index (χ2n) is 14.8. The van der Waals surface area contributed by atoms with Crippen LogP contribution in [0.4, 0.5) is 17.1 Å². The predicted octanol–water partition coefficient (Wildman–Crippen LogP) is 14.6. The molecule has 2 heteroatoms. The van der Waals surface area contributed by atoms with Crippen LogP contribution in [-0.4, -0.2) is 0 Å². The van der Waals surface area contributed by atoms with E-state index in [4.69, 9.17) is 4.74 Å². The molecule has 9 aromatic carbocycles. The minimum atomic E-state index is -0.542. The van der Waals surface area contributed by atoms with Gasteiger partial charge >= 0.3 is 0 Å². The van der Waals surface area contributed by atoms with Crippen molar-refractivity contribution in [2.24, 2.45) is 0 Å². The van der Waals surface area contributed by atoms with Crippen molar-refractivity contribution in [1.82, 2.24) is 0 Å². The smallest absolute Gasteiger partial charge is 0.132 e. The predicted molar refractivity (Wildman–Crippen MR) is 235 cm³/mol. The van der Waals surface area contributed by atoms with Gasteiger partial charge in [-0.2, -0.15) is 0 Å². The van der Waals surface area contributed by atoms with Crippen molar-refractivity contribution < 1.29 is 4.74 Å². The maximum atomic E-state index is 6.63. The van der Waals surface area contributed by atoms with Crippen LogP contribution in [0, 0.1) is 0 Å². The Kier molecular flexibility index (Phi) is 7.75. The lowest BCUT2D eigenvalue weighted by molar-refractivity contribution is 0.436. The fraction of sp³-hybridized carbons (Fsp3) is 0.0182. The topological polar surface area (TPSA) is 12.5 Å². The van der Waals surface area contributed by atoms with Gasteiger partial charge in [-0.1, -0.05) is 182 Å². The molecule has 1 aliphatic heterocycles. The SMILES string of the molecule is c1ccc(-c2ccc(-c3ccccc3N(c3ccccc3)c3ccccc3-c3ccc4c(c3)C3(c5ccccc5Oc5ccccc53)c3ccccc3-4)cc2)cc1. The summed E-state index contributed by atoms with van der Waals surface area (Å²) in [5.74, 6) is 1.79. The number of anilines is 3. The first kappa shape index (κ1) is 33.0. The molecular formula is C55H37NO. The first-order valence-electron chi connectivity index (χ1n) is 19.6. The van der Waals surface area contributed by atoms with Gasteiger partial charge in [0.2, 0.25) is 0 Å². The minimum Gasteiger partial charge on any atom is -0.457 e. The third-order valence-electron chi connectivity index (χ3n) is 11.8. The van der Waals surface area contributed by atoms with Gasteiger partial charge in [0.05, 0.1) is 16.8 Å². The average molecular weight is 728 g/mol. The standard InChI is InChI=1S/C55H37NO/c1-3-17-38(18-4-1)39-31-33-40(34-32-39)43-21-8-13-27-51(43)56(42-19-5-2-6-20-42)52-28-14-9-22-44(52)41-35-36-46-45-23-7-10-24-47(45)55(50(46)37-41)48-25-11-15-29-53(48)57-54-30-16-12-26-49(54)55/h1-37H. The Balaban J connectivity index is 1.11. The molecule has 1 heterocycles. The van der Waals surface area contributed by atoms with Gasteiger partial charge in [0.1, 0.15) is 11.5 Å². The summed E-state index contributed by atoms with van der Waals surface area (Å²) in [4.78, 5) is 2.42. The number of hydrogen-bond acceptors (Lipinski definition) is 2. The molecule has 0 aromatic heterocycles. The Hall–Kier alpha value is -7.42. The summed E-state index contributed by atoms with van der Waals surface area (Å²) in [7, 11) is 0. The van der Waals surface area contributed by atoms with Gasteiger partial charge in [-0.15, -0.1) is 0 Å². The van der Waals surface area contributed by atoms with Crippen molar-refractivity contribution in [2.45, 2.75) is 5.41 Å². The van der Waals surface area contributed by atoms with Crippen molar-refractivity contribution in [2.75, 3.05) is 4.90 Å². The van der Waals surface area contributed by atoms with Crippen LogP contribution in [0.3, 0.4) is 0 Å². The molecule has 0 amide bonds. The van der Waals surface area contributed by atoms with Gasteiger partial charge in [0, 0.05) is 27.9 Å². The summed E-state index contributed by atoms with van der Waals surface area (Å²) in [6.07, 6.45) is 0. The van der Waals surface area contributed by atoms with Crippen molar-refractivity contribution in [3.63, 3.8) is 0 Å². The van der Waals surface area contributed by atoms with Gasteiger partial charge in [0.15, 0.2) is 0 Å². The Labute approximate surface area is 333 Å². The van der Waals surface area contributed by atoms with E-state index in [0.717, 1.165) is 50.8 Å². The number of nitrogens with zero attached hydrogens (tertiary/aromatic N) is 1. The van der Waals surface area contributed by atoms with Crippen molar-refractivity contribution in [1.29, 1.82) is 0 Å². The number of benzene rings is 9. The Morgan fingerprint density at radius 1 is 0.298 bits per heavy atom. The largest absolute Gasteiger partial charge is 0.457 e. The van der Waals surface area contributed by atoms with Crippen molar-refractivity contribution in [3.05, 3.63) is 247 Å². The van der Waals surface area contributed by atoms with Gasteiger partial charge in [-0.25, -0.2) is 0 Å². The lowest BCUT2D eigenvalue weighted by Gasteiger charge is -2.39. The second-order valence-corrected chi connectivity index (χ2v) is 14.8. The van der Waals surface area contributed by atoms with Crippen LogP contribution in [0.15, 0.2) is 224 Å². The zero-order chi connectivity index (χ0) is 37.8. The molecule has 0 fully saturated rings. The zero-order valence-corrected chi connectivity index (χ0v) is 31.2. The monoisotopic (exact) mass is 727 g/mol. The quantitative estimate of drug-likeness (QED) is 0.169. The fourth-order valence-corrected chi connectivity index (χ4v) is 9.31. The van der Waals surface area contributed by atoms with Crippen LogP contribution in [0.1, 0.15) is 22.3 Å². The van der Waals surface area contributed by atoms with Crippen LogP contribution in [0.25, 0.3) is 44.5 Å². The van der Waals surface area contributed by atoms with Crippen LogP contribution < -0.4 is 9.64 Å². The van der Waals surface area contributed by atoms with Crippen LogP contribution in [-0.2, 0) is 5.41 Å². The average Bonchev–Trinajstić information content (AvgIpc) is 3.57. The molecule has 1 aliphatic carbocycles. The molecule has 0 atom stereocenters. The highest BCUT2D eigenvalue weighted by atomic mass is 16.5. The summed E-state index contributed by atoms with van der Waals surface area (Å²) in [6, 6.07) is 81.0. The highest BCUT2D eigenvalue weighted by Crippen LogP contribution is 2.62. The zero-order valence-electron chi connectivity index (χ0n) is 31.2. The van der Waals surface area contributed by atoms with Gasteiger partial charge < -0.3 is 9.64 Å². The number of ether oxygens (including phenoxy) is 1. The van der Waals surface area contributed by atoms with E-state index in [-0.39, 0.29) is 0 Å². The normalized spacial score (nSPS) is 12.8. The maximum Gasteiger partial charge on any atom is 0.132 e. The van der Waals surface area contributed by atoms with Gasteiger partial charge in [-0.05, 0) is 87.0 Å². The molecule has 0 N–H and O–H groups in total. The molecule has 0 saturated heterocycles. The summed E-state index contributed by atoms with van der Waals surface area (Å²) >= 11 is 0. The summed E-state index contributed by atoms with van der Waals surface area (Å²) in [5, 5.41) is 0. The molecule has 57 heavy (non-hydrogen) atoms. The number of fused-ring (bicyclic) bond motifs is 9. The van der Waals surface area contributed by atoms with Gasteiger partial charge in [0.25, 0.3) is 0 Å². The molecule has 11 rings (SSSR count). The lowest BCUT2D eigenvalue weighted by Crippen LogP contribution is -2.32. The van der Waals surface area contributed by atoms with E-state index in [1.807, 2.05) is 0 Å². The molecule has 2 aliphatic rings. The highest BCUT2D eigenvalue weighted by molar-refractivity contribution is 5.96. The molecular weight excluding hydrogens is 691 g/mol. The molecule has 268 valence electrons. The fourth-order valence-electron chi connectivity index (χ4n) is 9.31. The van der Waals surface area contributed by atoms with E-state index in [1.54, 1.807) is 0 Å². The Morgan fingerprint density at radius 2 is 0.737 bits per heavy atom. The first-order chi connectivity index (χ1) is 28.3.